The Morgan fingerprint density at radius 3 is 2.64 bits per heavy atom. The minimum absolute atomic E-state index is 0.0264. The lowest BCUT2D eigenvalue weighted by atomic mass is 10.1. The van der Waals surface area contributed by atoms with Crippen LogP contribution in [0.2, 0.25) is 5.02 Å². The lowest BCUT2D eigenvalue weighted by Gasteiger charge is -2.13. The van der Waals surface area contributed by atoms with Crippen LogP contribution in [0.25, 0.3) is 11.0 Å². The smallest absolute Gasteiger partial charge is 0.246 e. The van der Waals surface area contributed by atoms with Gasteiger partial charge in [-0.3, -0.25) is 4.79 Å². The number of rotatable bonds is 8. The molecule has 0 aliphatic heterocycles. The summed E-state index contributed by atoms with van der Waals surface area (Å²) in [6.07, 6.45) is 0. The lowest BCUT2D eigenvalue weighted by Crippen LogP contribution is -2.28. The molecule has 0 fully saturated rings. The van der Waals surface area contributed by atoms with Crippen LogP contribution in [0.3, 0.4) is 0 Å². The molecule has 2 aromatic carbocycles. The average molecular weight is 402 g/mol. The quantitative estimate of drug-likeness (QED) is 0.625. The number of aryl methyl sites for hydroxylation is 2. The van der Waals surface area contributed by atoms with Gasteiger partial charge in [0.1, 0.15) is 24.8 Å². The standard InChI is InChI=1S/C21H24ClN3O3/c1-14-10-16(11-15(2)21(14)22)28-9-8-25-18-7-5-4-6-17(18)24-19(25)12-23-20(26)13-27-3/h4-7,10-11H,8-9,12-13H2,1-3H3,(H,23,26). The summed E-state index contributed by atoms with van der Waals surface area (Å²) in [5.41, 5.74) is 3.87. The first kappa shape index (κ1) is 20.2. The second-order valence-electron chi connectivity index (χ2n) is 6.60. The van der Waals surface area contributed by atoms with Crippen molar-refractivity contribution in [3.8, 4) is 5.75 Å². The fraction of sp³-hybridized carbons (Fsp3) is 0.333. The van der Waals surface area contributed by atoms with Gasteiger partial charge in [0.25, 0.3) is 0 Å². The van der Waals surface area contributed by atoms with Crippen molar-refractivity contribution in [2.75, 3.05) is 20.3 Å². The number of ether oxygens (including phenoxy) is 2. The number of nitrogens with zero attached hydrogens (tertiary/aromatic N) is 2. The van der Waals surface area contributed by atoms with Crippen LogP contribution in [0.4, 0.5) is 0 Å². The Morgan fingerprint density at radius 2 is 1.93 bits per heavy atom. The van der Waals surface area contributed by atoms with E-state index in [1.807, 2.05) is 50.2 Å². The highest BCUT2D eigenvalue weighted by molar-refractivity contribution is 6.32. The van der Waals surface area contributed by atoms with Gasteiger partial charge in [-0.25, -0.2) is 4.98 Å². The van der Waals surface area contributed by atoms with Crippen molar-refractivity contribution in [3.05, 3.63) is 58.4 Å². The van der Waals surface area contributed by atoms with Gasteiger partial charge in [-0.1, -0.05) is 23.7 Å². The molecule has 3 rings (SSSR count). The second kappa shape index (κ2) is 9.08. The second-order valence-corrected chi connectivity index (χ2v) is 6.98. The predicted molar refractivity (Wildman–Crippen MR) is 110 cm³/mol. The van der Waals surface area contributed by atoms with Crippen LogP contribution >= 0.6 is 11.6 Å². The minimum atomic E-state index is -0.176. The van der Waals surface area contributed by atoms with E-state index in [0.717, 1.165) is 38.8 Å². The number of nitrogens with one attached hydrogen (secondary N) is 1. The largest absolute Gasteiger partial charge is 0.492 e. The number of aromatic nitrogens is 2. The van der Waals surface area contributed by atoms with Crippen LogP contribution in [-0.4, -0.2) is 35.8 Å². The molecule has 1 amide bonds. The fourth-order valence-electron chi connectivity index (χ4n) is 3.11. The molecule has 0 radical (unpaired) electrons. The summed E-state index contributed by atoms with van der Waals surface area (Å²) in [5, 5.41) is 3.59. The van der Waals surface area contributed by atoms with Crippen molar-refractivity contribution in [1.29, 1.82) is 0 Å². The van der Waals surface area contributed by atoms with Crippen molar-refractivity contribution in [2.45, 2.75) is 26.9 Å². The maximum absolute atomic E-state index is 11.7. The van der Waals surface area contributed by atoms with E-state index in [-0.39, 0.29) is 12.5 Å². The van der Waals surface area contributed by atoms with Gasteiger partial charge in [-0.15, -0.1) is 0 Å². The lowest BCUT2D eigenvalue weighted by molar-refractivity contribution is -0.124. The summed E-state index contributed by atoms with van der Waals surface area (Å²) < 4.78 is 12.9. The van der Waals surface area contributed by atoms with E-state index in [2.05, 4.69) is 14.9 Å². The van der Waals surface area contributed by atoms with Crippen LogP contribution < -0.4 is 10.1 Å². The van der Waals surface area contributed by atoms with Crippen LogP contribution in [0, 0.1) is 13.8 Å². The molecule has 1 N–H and O–H groups in total. The molecular weight excluding hydrogens is 378 g/mol. The molecule has 0 saturated heterocycles. The fourth-order valence-corrected chi connectivity index (χ4v) is 3.22. The molecule has 1 aromatic heterocycles. The van der Waals surface area contributed by atoms with Crippen molar-refractivity contribution < 1.29 is 14.3 Å². The number of methoxy groups -OCH3 is 1. The van der Waals surface area contributed by atoms with E-state index in [1.54, 1.807) is 0 Å². The monoisotopic (exact) mass is 401 g/mol. The summed E-state index contributed by atoms with van der Waals surface area (Å²) in [6.45, 7) is 5.37. The Kier molecular flexibility index (Phi) is 6.54. The zero-order valence-corrected chi connectivity index (χ0v) is 17.0. The van der Waals surface area contributed by atoms with Crippen molar-refractivity contribution >= 4 is 28.5 Å². The summed E-state index contributed by atoms with van der Waals surface area (Å²) in [5.74, 6) is 1.39. The highest BCUT2D eigenvalue weighted by Gasteiger charge is 2.12. The van der Waals surface area contributed by atoms with E-state index >= 15 is 0 Å². The van der Waals surface area contributed by atoms with Gasteiger partial charge in [0.2, 0.25) is 5.91 Å². The Hall–Kier alpha value is -2.57. The van der Waals surface area contributed by atoms with E-state index in [4.69, 9.17) is 21.1 Å². The molecule has 0 aliphatic rings. The maximum atomic E-state index is 11.7. The van der Waals surface area contributed by atoms with Crippen LogP contribution in [0.15, 0.2) is 36.4 Å². The molecule has 7 heteroatoms. The number of amides is 1. The number of carbonyl (C=O) groups is 1. The normalized spacial score (nSPS) is 11.0. The molecule has 0 bridgehead atoms. The Balaban J connectivity index is 1.74. The number of benzene rings is 2. The summed E-state index contributed by atoms with van der Waals surface area (Å²) in [7, 11) is 1.49. The number of hydrogen-bond donors (Lipinski definition) is 1. The number of carbonyl (C=O) groups excluding carboxylic acids is 1. The number of para-hydroxylation sites is 2. The van der Waals surface area contributed by atoms with E-state index in [9.17, 15) is 4.79 Å². The SMILES string of the molecule is COCC(=O)NCc1nc2ccccc2n1CCOc1cc(C)c(Cl)c(C)c1. The Bertz CT molecular complexity index is 961. The molecule has 0 atom stereocenters. The molecule has 28 heavy (non-hydrogen) atoms. The molecule has 148 valence electrons. The average Bonchev–Trinajstić information content (AvgIpc) is 3.02. The molecule has 1 heterocycles. The zero-order valence-electron chi connectivity index (χ0n) is 16.3. The molecule has 0 spiro atoms. The third-order valence-corrected chi connectivity index (χ3v) is 5.04. The van der Waals surface area contributed by atoms with Gasteiger partial charge < -0.3 is 19.4 Å². The predicted octanol–water partition coefficient (Wildman–Crippen LogP) is 3.65. The van der Waals surface area contributed by atoms with Crippen LogP contribution in [0.5, 0.6) is 5.75 Å². The number of hydrogen-bond acceptors (Lipinski definition) is 4. The molecule has 6 nitrogen and oxygen atoms in total. The third kappa shape index (κ3) is 4.64. The van der Waals surface area contributed by atoms with Crippen LogP contribution in [0.1, 0.15) is 17.0 Å². The number of imidazole rings is 1. The van der Waals surface area contributed by atoms with E-state index in [0.29, 0.717) is 19.7 Å². The van der Waals surface area contributed by atoms with Gasteiger partial charge in [0.15, 0.2) is 0 Å². The summed E-state index contributed by atoms with van der Waals surface area (Å²) >= 11 is 6.22. The Morgan fingerprint density at radius 1 is 1.21 bits per heavy atom. The molecular formula is C21H24ClN3O3. The van der Waals surface area contributed by atoms with Gasteiger partial charge in [-0.05, 0) is 49.2 Å². The van der Waals surface area contributed by atoms with Gasteiger partial charge in [0.05, 0.1) is 24.1 Å². The van der Waals surface area contributed by atoms with E-state index < -0.39 is 0 Å². The Labute approximate surface area is 169 Å². The maximum Gasteiger partial charge on any atom is 0.246 e. The first-order valence-electron chi connectivity index (χ1n) is 9.09. The highest BCUT2D eigenvalue weighted by Crippen LogP contribution is 2.26. The summed E-state index contributed by atoms with van der Waals surface area (Å²) in [6, 6.07) is 11.8. The van der Waals surface area contributed by atoms with E-state index in [1.165, 1.54) is 7.11 Å². The molecule has 0 saturated carbocycles. The highest BCUT2D eigenvalue weighted by atomic mass is 35.5. The van der Waals surface area contributed by atoms with Crippen molar-refractivity contribution in [1.82, 2.24) is 14.9 Å². The minimum Gasteiger partial charge on any atom is -0.492 e. The van der Waals surface area contributed by atoms with Gasteiger partial charge in [0, 0.05) is 12.1 Å². The van der Waals surface area contributed by atoms with Gasteiger partial charge in [-0.2, -0.15) is 0 Å². The molecule has 0 unspecified atom stereocenters. The topological polar surface area (TPSA) is 65.4 Å². The summed E-state index contributed by atoms with van der Waals surface area (Å²) in [4.78, 5) is 16.4. The molecule has 3 aromatic rings. The third-order valence-electron chi connectivity index (χ3n) is 4.45. The number of halogens is 1. The van der Waals surface area contributed by atoms with Crippen molar-refractivity contribution in [2.24, 2.45) is 0 Å². The molecule has 0 aliphatic carbocycles. The van der Waals surface area contributed by atoms with Crippen LogP contribution in [-0.2, 0) is 22.6 Å². The van der Waals surface area contributed by atoms with Gasteiger partial charge >= 0.3 is 0 Å². The van der Waals surface area contributed by atoms with Crippen molar-refractivity contribution in [3.63, 3.8) is 0 Å². The number of fused-ring (bicyclic) bond motifs is 1. The first-order chi connectivity index (χ1) is 13.5. The first-order valence-corrected chi connectivity index (χ1v) is 9.46. The zero-order chi connectivity index (χ0) is 20.1.